The van der Waals surface area contributed by atoms with E-state index in [1.807, 2.05) is 20.8 Å². The van der Waals surface area contributed by atoms with Gasteiger partial charge in [-0.15, -0.1) is 0 Å². The molecule has 4 nitrogen and oxygen atoms in total. The van der Waals surface area contributed by atoms with E-state index >= 15 is 0 Å². The molecule has 1 unspecified atom stereocenters. The molecule has 0 aromatic heterocycles. The van der Waals surface area contributed by atoms with E-state index < -0.39 is 10.0 Å². The lowest BCUT2D eigenvalue weighted by Crippen LogP contribution is -2.29. The van der Waals surface area contributed by atoms with Crippen molar-refractivity contribution in [3.05, 3.63) is 29.1 Å². The molecule has 6 heteroatoms. The summed E-state index contributed by atoms with van der Waals surface area (Å²) in [5, 5.41) is 3.02. The molecule has 118 valence electrons. The summed E-state index contributed by atoms with van der Waals surface area (Å²) >= 11 is 0. The third-order valence-electron chi connectivity index (χ3n) is 3.99. The van der Waals surface area contributed by atoms with E-state index in [-0.39, 0.29) is 22.2 Å². The first-order chi connectivity index (χ1) is 9.67. The summed E-state index contributed by atoms with van der Waals surface area (Å²) in [4.78, 5) is 0.136. The molecule has 0 saturated heterocycles. The molecule has 0 radical (unpaired) electrons. The minimum absolute atomic E-state index is 0.00867. The first-order valence-corrected chi connectivity index (χ1v) is 8.68. The van der Waals surface area contributed by atoms with Crippen LogP contribution in [-0.4, -0.2) is 21.0 Å². The summed E-state index contributed by atoms with van der Waals surface area (Å²) in [6.07, 6.45) is 0.830. The molecule has 0 spiro atoms. The average Bonchev–Trinajstić information content (AvgIpc) is 2.96. The lowest BCUT2D eigenvalue weighted by atomic mass is 10.1. The van der Waals surface area contributed by atoms with E-state index in [2.05, 4.69) is 10.0 Å². The minimum Gasteiger partial charge on any atom is -0.313 e. The fraction of sp³-hybridized carbons (Fsp3) is 0.600. The lowest BCUT2D eigenvalue weighted by Gasteiger charge is -2.12. The van der Waals surface area contributed by atoms with Crippen LogP contribution in [0.3, 0.4) is 0 Å². The summed E-state index contributed by atoms with van der Waals surface area (Å²) < 4.78 is 41.5. The molecule has 21 heavy (non-hydrogen) atoms. The van der Waals surface area contributed by atoms with Gasteiger partial charge in [-0.05, 0) is 43.0 Å². The van der Waals surface area contributed by atoms with E-state index in [9.17, 15) is 12.8 Å². The van der Waals surface area contributed by atoms with Crippen LogP contribution in [0, 0.1) is 18.2 Å². The maximum atomic E-state index is 14.0. The Kier molecular flexibility index (Phi) is 4.42. The lowest BCUT2D eigenvalue weighted by molar-refractivity contribution is 0.552. The molecule has 0 amide bonds. The molecular formula is C15H23FN2O2S. The number of hydrogen-bond acceptors (Lipinski definition) is 3. The van der Waals surface area contributed by atoms with E-state index in [0.29, 0.717) is 24.2 Å². The molecule has 1 atom stereocenters. The predicted octanol–water partition coefficient (Wildman–Crippen LogP) is 2.32. The van der Waals surface area contributed by atoms with E-state index in [1.165, 1.54) is 12.1 Å². The molecule has 2 N–H and O–H groups in total. The molecule has 2 rings (SSSR count). The van der Waals surface area contributed by atoms with Crippen LogP contribution in [0.5, 0.6) is 0 Å². The molecule has 1 aliphatic rings. The highest BCUT2D eigenvalue weighted by Crippen LogP contribution is 2.45. The maximum absolute atomic E-state index is 14.0. The van der Waals surface area contributed by atoms with Gasteiger partial charge in [0.15, 0.2) is 0 Å². The molecule has 1 saturated carbocycles. The molecule has 0 aliphatic heterocycles. The number of halogens is 1. The van der Waals surface area contributed by atoms with Crippen molar-refractivity contribution < 1.29 is 12.8 Å². The molecule has 1 aromatic rings. The van der Waals surface area contributed by atoms with Crippen molar-refractivity contribution in [3.8, 4) is 0 Å². The molecular weight excluding hydrogens is 291 g/mol. The van der Waals surface area contributed by atoms with Gasteiger partial charge in [-0.2, -0.15) is 0 Å². The second kappa shape index (κ2) is 5.66. The van der Waals surface area contributed by atoms with Crippen LogP contribution in [0.4, 0.5) is 4.39 Å². The minimum atomic E-state index is -3.60. The highest BCUT2D eigenvalue weighted by atomic mass is 32.2. The predicted molar refractivity (Wildman–Crippen MR) is 81.0 cm³/mol. The van der Waals surface area contributed by atoms with Crippen LogP contribution in [0.1, 0.15) is 38.3 Å². The van der Waals surface area contributed by atoms with Gasteiger partial charge >= 0.3 is 0 Å². The zero-order chi connectivity index (χ0) is 15.8. The summed E-state index contributed by atoms with van der Waals surface area (Å²) in [6.45, 7) is 8.57. The Morgan fingerprint density at radius 3 is 2.52 bits per heavy atom. The summed E-state index contributed by atoms with van der Waals surface area (Å²) in [7, 11) is -3.60. The van der Waals surface area contributed by atoms with E-state index in [0.717, 1.165) is 6.42 Å². The Hall–Kier alpha value is -0.980. The SMILES string of the molecule is CCNCc1cc(S(=O)(=O)NC2CC2(C)C)cc(C)c1F. The van der Waals surface area contributed by atoms with E-state index in [4.69, 9.17) is 0 Å². The number of sulfonamides is 1. The number of nitrogens with one attached hydrogen (secondary N) is 2. The summed E-state index contributed by atoms with van der Waals surface area (Å²) in [5.41, 5.74) is 0.738. The van der Waals surface area contributed by atoms with Gasteiger partial charge in [0.2, 0.25) is 10.0 Å². The number of aryl methyl sites for hydroxylation is 1. The first kappa shape index (κ1) is 16.4. The molecule has 0 bridgehead atoms. The van der Waals surface area contributed by atoms with Crippen molar-refractivity contribution in [2.45, 2.75) is 51.6 Å². The van der Waals surface area contributed by atoms with E-state index in [1.54, 1.807) is 6.92 Å². The zero-order valence-electron chi connectivity index (χ0n) is 13.0. The smallest absolute Gasteiger partial charge is 0.240 e. The van der Waals surface area contributed by atoms with Crippen LogP contribution in [-0.2, 0) is 16.6 Å². The number of rotatable bonds is 6. The van der Waals surface area contributed by atoms with Crippen LogP contribution in [0.2, 0.25) is 0 Å². The highest BCUT2D eigenvalue weighted by Gasteiger charge is 2.47. The van der Waals surface area contributed by atoms with Gasteiger partial charge in [-0.25, -0.2) is 17.5 Å². The van der Waals surface area contributed by atoms with Gasteiger partial charge in [-0.3, -0.25) is 0 Å². The van der Waals surface area contributed by atoms with Gasteiger partial charge in [0.1, 0.15) is 5.82 Å². The van der Waals surface area contributed by atoms with Gasteiger partial charge in [0.25, 0.3) is 0 Å². The van der Waals surface area contributed by atoms with Crippen molar-refractivity contribution in [1.82, 2.24) is 10.0 Å². The standard InChI is InChI=1S/C15H23FN2O2S/c1-5-17-9-11-7-12(6-10(2)14(11)16)21(19,20)18-13-8-15(13,3)4/h6-7,13,17-18H,5,8-9H2,1-4H3. The Balaban J connectivity index is 2.28. The average molecular weight is 314 g/mol. The summed E-state index contributed by atoms with van der Waals surface area (Å²) in [5.74, 6) is -0.346. The Labute approximate surface area is 126 Å². The normalized spacial score (nSPS) is 20.5. The third-order valence-corrected chi connectivity index (χ3v) is 5.44. The first-order valence-electron chi connectivity index (χ1n) is 7.19. The Morgan fingerprint density at radius 2 is 2.00 bits per heavy atom. The van der Waals surface area contributed by atoms with Crippen LogP contribution in [0.25, 0.3) is 0 Å². The van der Waals surface area contributed by atoms with Crippen molar-refractivity contribution in [2.75, 3.05) is 6.54 Å². The monoisotopic (exact) mass is 314 g/mol. The molecule has 1 fully saturated rings. The number of hydrogen-bond donors (Lipinski definition) is 2. The topological polar surface area (TPSA) is 58.2 Å². The van der Waals surface area contributed by atoms with Gasteiger partial charge < -0.3 is 5.32 Å². The van der Waals surface area contributed by atoms with Crippen LogP contribution in [0.15, 0.2) is 17.0 Å². The quantitative estimate of drug-likeness (QED) is 0.847. The van der Waals surface area contributed by atoms with Crippen LogP contribution < -0.4 is 10.0 Å². The van der Waals surface area contributed by atoms with Crippen molar-refractivity contribution in [2.24, 2.45) is 5.41 Å². The molecule has 0 heterocycles. The molecule has 1 aliphatic carbocycles. The highest BCUT2D eigenvalue weighted by molar-refractivity contribution is 7.89. The second-order valence-electron chi connectivity index (χ2n) is 6.36. The number of benzene rings is 1. The van der Waals surface area contributed by atoms with Crippen molar-refractivity contribution in [3.63, 3.8) is 0 Å². The third kappa shape index (κ3) is 3.62. The van der Waals surface area contributed by atoms with Gasteiger partial charge in [0.05, 0.1) is 4.90 Å². The Bertz CT molecular complexity index is 641. The second-order valence-corrected chi connectivity index (χ2v) is 8.07. The largest absolute Gasteiger partial charge is 0.313 e. The van der Waals surface area contributed by atoms with Crippen molar-refractivity contribution in [1.29, 1.82) is 0 Å². The Morgan fingerprint density at radius 1 is 1.38 bits per heavy atom. The summed E-state index contributed by atoms with van der Waals surface area (Å²) in [6, 6.07) is 2.77. The fourth-order valence-corrected chi connectivity index (χ4v) is 3.82. The fourth-order valence-electron chi connectivity index (χ4n) is 2.27. The van der Waals surface area contributed by atoms with Gasteiger partial charge in [-0.1, -0.05) is 20.8 Å². The molecule has 1 aromatic carbocycles. The maximum Gasteiger partial charge on any atom is 0.240 e. The zero-order valence-corrected chi connectivity index (χ0v) is 13.8. The van der Waals surface area contributed by atoms with Crippen LogP contribution >= 0.6 is 0 Å². The van der Waals surface area contributed by atoms with Gasteiger partial charge in [0, 0.05) is 18.2 Å². The van der Waals surface area contributed by atoms with Crippen molar-refractivity contribution >= 4 is 10.0 Å².